The molecule has 1 aromatic heterocycles. The second-order valence-electron chi connectivity index (χ2n) is 8.62. The van der Waals surface area contributed by atoms with Crippen molar-refractivity contribution in [3.8, 4) is 0 Å². The standard InChI is InChI=1S/C23H23F6N3O2/c1-14(2)8-18-12-31(17-6-7-20(30-11-17)23(27,28)29)21(34)32(18)13-19(33)10-15-4-3-5-16(9-15)22(24,25)26/h3-7,9,11,14,18H,8,10,12-13H2,1-2H3. The van der Waals surface area contributed by atoms with Crippen LogP contribution in [0.15, 0.2) is 42.6 Å². The maximum Gasteiger partial charge on any atom is 0.433 e. The molecule has 0 aliphatic carbocycles. The van der Waals surface area contributed by atoms with Crippen molar-refractivity contribution in [3.05, 3.63) is 59.4 Å². The number of nitrogens with zero attached hydrogens (tertiary/aromatic N) is 3. The van der Waals surface area contributed by atoms with E-state index < -0.39 is 35.4 Å². The largest absolute Gasteiger partial charge is 0.433 e. The first-order valence-corrected chi connectivity index (χ1v) is 10.5. The Balaban J connectivity index is 1.76. The van der Waals surface area contributed by atoms with Gasteiger partial charge in [0.25, 0.3) is 0 Å². The van der Waals surface area contributed by atoms with E-state index in [2.05, 4.69) is 4.98 Å². The van der Waals surface area contributed by atoms with Crippen molar-refractivity contribution >= 4 is 17.5 Å². The molecular formula is C23H23F6N3O2. The van der Waals surface area contributed by atoms with Gasteiger partial charge in [-0.3, -0.25) is 9.69 Å². The van der Waals surface area contributed by atoms with Crippen LogP contribution in [0.2, 0.25) is 0 Å². The van der Waals surface area contributed by atoms with Gasteiger partial charge in [-0.25, -0.2) is 9.78 Å². The number of anilines is 1. The normalized spacial score (nSPS) is 17.1. The third kappa shape index (κ3) is 6.06. The van der Waals surface area contributed by atoms with E-state index >= 15 is 0 Å². The zero-order valence-corrected chi connectivity index (χ0v) is 18.5. The van der Waals surface area contributed by atoms with E-state index in [9.17, 15) is 35.9 Å². The van der Waals surface area contributed by atoms with Crippen molar-refractivity contribution in [3.63, 3.8) is 0 Å². The summed E-state index contributed by atoms with van der Waals surface area (Å²) in [6, 6.07) is 5.40. The number of hydrogen-bond acceptors (Lipinski definition) is 3. The quantitative estimate of drug-likeness (QED) is 0.479. The molecule has 1 aliphatic heterocycles. The fourth-order valence-electron chi connectivity index (χ4n) is 3.90. The third-order valence-electron chi connectivity index (χ3n) is 5.41. The molecule has 5 nitrogen and oxygen atoms in total. The Hall–Kier alpha value is -3.11. The van der Waals surface area contributed by atoms with Crippen LogP contribution in [0.25, 0.3) is 0 Å². The number of halogens is 6. The van der Waals surface area contributed by atoms with E-state index in [0.717, 1.165) is 30.5 Å². The zero-order valence-electron chi connectivity index (χ0n) is 18.5. The SMILES string of the molecule is CC(C)CC1CN(c2ccc(C(F)(F)F)nc2)C(=O)N1CC(=O)Cc1cccc(C(F)(F)F)c1. The van der Waals surface area contributed by atoms with Gasteiger partial charge in [-0.05, 0) is 36.1 Å². The second-order valence-corrected chi connectivity index (χ2v) is 8.62. The van der Waals surface area contributed by atoms with Gasteiger partial charge in [0.1, 0.15) is 5.69 Å². The Morgan fingerprint density at radius 3 is 2.35 bits per heavy atom. The number of carbonyl (C=O) groups is 2. The van der Waals surface area contributed by atoms with Crippen LogP contribution < -0.4 is 4.90 Å². The molecule has 2 amide bonds. The molecule has 2 aromatic rings. The Labute approximate surface area is 192 Å². The van der Waals surface area contributed by atoms with Crippen molar-refractivity contribution in [1.29, 1.82) is 0 Å². The van der Waals surface area contributed by atoms with Crippen LogP contribution in [0.3, 0.4) is 0 Å². The van der Waals surface area contributed by atoms with E-state index in [1.54, 1.807) is 0 Å². The Morgan fingerprint density at radius 1 is 1.09 bits per heavy atom. The number of amides is 2. The highest BCUT2D eigenvalue weighted by Crippen LogP contribution is 2.32. The summed E-state index contributed by atoms with van der Waals surface area (Å²) in [7, 11) is 0. The number of Topliss-reactive ketones (excluding diaryl/α,β-unsaturated/α-hetero) is 1. The van der Waals surface area contributed by atoms with Gasteiger partial charge in [0, 0.05) is 13.0 Å². The topological polar surface area (TPSA) is 53.5 Å². The zero-order chi connectivity index (χ0) is 25.3. The number of urea groups is 1. The fraction of sp³-hybridized carbons (Fsp3) is 0.435. The number of pyridine rings is 1. The summed E-state index contributed by atoms with van der Waals surface area (Å²) in [5.74, 6) is -0.293. The van der Waals surface area contributed by atoms with Crippen LogP contribution in [0.1, 0.15) is 37.1 Å². The van der Waals surface area contributed by atoms with Gasteiger partial charge in [0.15, 0.2) is 5.78 Å². The van der Waals surface area contributed by atoms with Crippen LogP contribution in [0.5, 0.6) is 0 Å². The molecule has 34 heavy (non-hydrogen) atoms. The lowest BCUT2D eigenvalue weighted by atomic mass is 10.0. The monoisotopic (exact) mass is 487 g/mol. The molecule has 184 valence electrons. The molecule has 1 atom stereocenters. The lowest BCUT2D eigenvalue weighted by molar-refractivity contribution is -0.141. The Kier molecular flexibility index (Phi) is 7.23. The van der Waals surface area contributed by atoms with Gasteiger partial charge in [-0.15, -0.1) is 0 Å². The minimum atomic E-state index is -4.62. The van der Waals surface area contributed by atoms with E-state index in [-0.39, 0.29) is 42.7 Å². The summed E-state index contributed by atoms with van der Waals surface area (Å²) in [4.78, 5) is 31.7. The highest BCUT2D eigenvalue weighted by atomic mass is 19.4. The fourth-order valence-corrected chi connectivity index (χ4v) is 3.90. The molecule has 0 bridgehead atoms. The van der Waals surface area contributed by atoms with Gasteiger partial charge in [-0.1, -0.05) is 32.0 Å². The number of hydrogen-bond donors (Lipinski definition) is 0. The predicted molar refractivity (Wildman–Crippen MR) is 112 cm³/mol. The van der Waals surface area contributed by atoms with Gasteiger partial charge >= 0.3 is 18.4 Å². The molecule has 1 unspecified atom stereocenters. The van der Waals surface area contributed by atoms with Gasteiger partial charge in [0.05, 0.1) is 30.0 Å². The summed E-state index contributed by atoms with van der Waals surface area (Å²) in [6.07, 6.45) is -7.95. The maximum absolute atomic E-state index is 13.1. The van der Waals surface area contributed by atoms with Crippen molar-refractivity contribution in [2.45, 2.75) is 45.1 Å². The summed E-state index contributed by atoms with van der Waals surface area (Å²) >= 11 is 0. The Bertz CT molecular complexity index is 1030. The summed E-state index contributed by atoms with van der Waals surface area (Å²) < 4.78 is 77.2. The predicted octanol–water partition coefficient (Wildman–Crippen LogP) is 5.59. The summed E-state index contributed by atoms with van der Waals surface area (Å²) in [6.45, 7) is 3.68. The van der Waals surface area contributed by atoms with Crippen LogP contribution in [0, 0.1) is 5.92 Å². The lowest BCUT2D eigenvalue weighted by Crippen LogP contribution is -2.40. The average molecular weight is 487 g/mol. The molecule has 11 heteroatoms. The first-order chi connectivity index (χ1) is 15.8. The molecule has 0 radical (unpaired) electrons. The highest BCUT2D eigenvalue weighted by molar-refractivity contribution is 5.97. The smallest absolute Gasteiger partial charge is 0.312 e. The first-order valence-electron chi connectivity index (χ1n) is 10.5. The molecule has 0 saturated carbocycles. The number of benzene rings is 1. The number of alkyl halides is 6. The molecular weight excluding hydrogens is 464 g/mol. The average Bonchev–Trinajstić information content (AvgIpc) is 3.02. The summed E-state index contributed by atoms with van der Waals surface area (Å²) in [5, 5.41) is 0. The van der Waals surface area contributed by atoms with E-state index in [1.165, 1.54) is 21.9 Å². The maximum atomic E-state index is 13.1. The molecule has 1 fully saturated rings. The van der Waals surface area contributed by atoms with Crippen molar-refractivity contribution in [1.82, 2.24) is 9.88 Å². The van der Waals surface area contributed by atoms with Gasteiger partial charge in [0.2, 0.25) is 0 Å². The lowest BCUT2D eigenvalue weighted by Gasteiger charge is -2.23. The summed E-state index contributed by atoms with van der Waals surface area (Å²) in [5.41, 5.74) is -1.61. The van der Waals surface area contributed by atoms with E-state index in [0.29, 0.717) is 6.42 Å². The molecule has 3 rings (SSSR count). The van der Waals surface area contributed by atoms with Crippen LogP contribution in [0.4, 0.5) is 36.8 Å². The van der Waals surface area contributed by atoms with E-state index in [1.807, 2.05) is 13.8 Å². The number of aromatic nitrogens is 1. The molecule has 1 aromatic carbocycles. The second kappa shape index (κ2) is 9.63. The van der Waals surface area contributed by atoms with Crippen LogP contribution in [-0.2, 0) is 23.6 Å². The minimum absolute atomic E-state index is 0.154. The van der Waals surface area contributed by atoms with Crippen molar-refractivity contribution in [2.24, 2.45) is 5.92 Å². The van der Waals surface area contributed by atoms with E-state index in [4.69, 9.17) is 0 Å². The number of ketones is 1. The van der Waals surface area contributed by atoms with Crippen LogP contribution >= 0.6 is 0 Å². The molecule has 0 N–H and O–H groups in total. The van der Waals surface area contributed by atoms with Gasteiger partial charge in [-0.2, -0.15) is 26.3 Å². The highest BCUT2D eigenvalue weighted by Gasteiger charge is 2.40. The third-order valence-corrected chi connectivity index (χ3v) is 5.41. The molecule has 0 spiro atoms. The minimum Gasteiger partial charge on any atom is -0.312 e. The molecule has 1 saturated heterocycles. The molecule has 2 heterocycles. The Morgan fingerprint density at radius 2 is 1.79 bits per heavy atom. The first kappa shape index (κ1) is 25.5. The van der Waals surface area contributed by atoms with Gasteiger partial charge < -0.3 is 4.90 Å². The van der Waals surface area contributed by atoms with Crippen molar-refractivity contribution < 1.29 is 35.9 Å². The van der Waals surface area contributed by atoms with Crippen molar-refractivity contribution in [2.75, 3.05) is 18.0 Å². The molecule has 1 aliphatic rings. The van der Waals surface area contributed by atoms with Crippen LogP contribution in [-0.4, -0.2) is 40.8 Å². The number of rotatable bonds is 7. The number of carbonyl (C=O) groups excluding carboxylic acids is 2.